The summed E-state index contributed by atoms with van der Waals surface area (Å²) in [7, 11) is 4.01. The van der Waals surface area contributed by atoms with E-state index in [9.17, 15) is 4.79 Å². The Morgan fingerprint density at radius 2 is 1.90 bits per heavy atom. The number of benzene rings is 1. The van der Waals surface area contributed by atoms with Crippen molar-refractivity contribution in [3.63, 3.8) is 0 Å². The Kier molecular flexibility index (Phi) is 5.62. The lowest BCUT2D eigenvalue weighted by Crippen LogP contribution is -2.44. The number of amides is 1. The second kappa shape index (κ2) is 8.50. The van der Waals surface area contributed by atoms with Crippen LogP contribution in [0.5, 0.6) is 0 Å². The Labute approximate surface area is 175 Å². The van der Waals surface area contributed by atoms with E-state index in [0.717, 1.165) is 31.6 Å². The third kappa shape index (κ3) is 4.25. The predicted molar refractivity (Wildman–Crippen MR) is 116 cm³/mol. The van der Waals surface area contributed by atoms with Crippen LogP contribution in [0.1, 0.15) is 23.2 Å². The van der Waals surface area contributed by atoms with E-state index in [4.69, 9.17) is 5.73 Å². The van der Waals surface area contributed by atoms with Gasteiger partial charge in [0.2, 0.25) is 11.9 Å². The van der Waals surface area contributed by atoms with Gasteiger partial charge in [-0.2, -0.15) is 9.67 Å². The Morgan fingerprint density at radius 3 is 2.57 bits per heavy atom. The minimum absolute atomic E-state index is 0.0397. The Hall–Kier alpha value is -3.46. The van der Waals surface area contributed by atoms with E-state index in [1.165, 1.54) is 4.68 Å². The molecule has 1 aliphatic rings. The summed E-state index contributed by atoms with van der Waals surface area (Å²) in [5.74, 6) is 1.23. The molecule has 2 aromatic heterocycles. The summed E-state index contributed by atoms with van der Waals surface area (Å²) >= 11 is 0. The van der Waals surface area contributed by atoms with Gasteiger partial charge in [0.05, 0.1) is 0 Å². The van der Waals surface area contributed by atoms with Crippen LogP contribution in [-0.4, -0.2) is 68.7 Å². The molecule has 3 N–H and O–H groups in total. The number of anilines is 3. The summed E-state index contributed by atoms with van der Waals surface area (Å²) < 4.78 is 1.47. The Morgan fingerprint density at radius 1 is 1.17 bits per heavy atom. The summed E-state index contributed by atoms with van der Waals surface area (Å²) in [6.45, 7) is 2.04. The van der Waals surface area contributed by atoms with Crippen LogP contribution in [0.4, 0.5) is 17.6 Å². The largest absolute Gasteiger partial charge is 0.368 e. The molecule has 9 nitrogen and oxygen atoms in total. The standard InChI is InChI=1S/C21H26N8O/c1-27-13-10-17(11-14-27)28(2)19(30)15-6-8-16(9-7-15)24-21-25-20(22)29(26-21)18-5-3-4-12-23-18/h3-9,12,17H,10-11,13-14H2,1-2H3,(H3,22,24,25,26). The number of likely N-dealkylation sites (tertiary alicyclic amines) is 1. The van der Waals surface area contributed by atoms with Crippen molar-refractivity contribution in [2.45, 2.75) is 18.9 Å². The maximum Gasteiger partial charge on any atom is 0.253 e. The summed E-state index contributed by atoms with van der Waals surface area (Å²) in [5, 5.41) is 7.47. The first kappa shape index (κ1) is 19.8. The maximum absolute atomic E-state index is 12.8. The number of carbonyl (C=O) groups excluding carboxylic acids is 1. The summed E-state index contributed by atoms with van der Waals surface area (Å²) in [5.41, 5.74) is 7.39. The summed E-state index contributed by atoms with van der Waals surface area (Å²) in [6, 6.07) is 13.1. The van der Waals surface area contributed by atoms with Crippen LogP contribution in [0.2, 0.25) is 0 Å². The molecule has 156 valence electrons. The molecule has 0 atom stereocenters. The lowest BCUT2D eigenvalue weighted by Gasteiger charge is -2.35. The van der Waals surface area contributed by atoms with E-state index in [0.29, 0.717) is 17.3 Å². The SMILES string of the molecule is CN1CCC(N(C)C(=O)c2ccc(Nc3nc(N)n(-c4ccccn4)n3)cc2)CC1. The van der Waals surface area contributed by atoms with E-state index in [2.05, 4.69) is 32.3 Å². The molecule has 0 saturated carbocycles. The third-order valence-corrected chi connectivity index (χ3v) is 5.44. The topological polar surface area (TPSA) is 105 Å². The van der Waals surface area contributed by atoms with Crippen LogP contribution in [0.15, 0.2) is 48.7 Å². The number of hydrogen-bond acceptors (Lipinski definition) is 7. The van der Waals surface area contributed by atoms with Gasteiger partial charge in [-0.1, -0.05) is 6.07 Å². The number of pyridine rings is 1. The van der Waals surface area contributed by atoms with Gasteiger partial charge in [-0.05, 0) is 69.4 Å². The lowest BCUT2D eigenvalue weighted by molar-refractivity contribution is 0.0659. The smallest absolute Gasteiger partial charge is 0.253 e. The van der Waals surface area contributed by atoms with Crippen LogP contribution in [-0.2, 0) is 0 Å². The van der Waals surface area contributed by atoms with Crippen LogP contribution < -0.4 is 11.1 Å². The molecule has 1 amide bonds. The maximum atomic E-state index is 12.8. The molecule has 1 aliphatic heterocycles. The fraction of sp³-hybridized carbons (Fsp3) is 0.333. The van der Waals surface area contributed by atoms with Crippen molar-refractivity contribution in [2.24, 2.45) is 0 Å². The second-order valence-corrected chi connectivity index (χ2v) is 7.55. The first-order valence-corrected chi connectivity index (χ1v) is 9.98. The highest BCUT2D eigenvalue weighted by Gasteiger charge is 2.24. The molecular weight excluding hydrogens is 380 g/mol. The van der Waals surface area contributed by atoms with Crippen molar-refractivity contribution >= 4 is 23.5 Å². The van der Waals surface area contributed by atoms with Crippen molar-refractivity contribution in [2.75, 3.05) is 38.2 Å². The average molecular weight is 406 g/mol. The lowest BCUT2D eigenvalue weighted by atomic mass is 10.0. The number of nitrogens with one attached hydrogen (secondary N) is 1. The van der Waals surface area contributed by atoms with Crippen LogP contribution in [0, 0.1) is 0 Å². The minimum atomic E-state index is 0.0397. The number of carbonyl (C=O) groups is 1. The molecular formula is C21H26N8O. The van der Waals surface area contributed by atoms with Crippen LogP contribution >= 0.6 is 0 Å². The van der Waals surface area contributed by atoms with Crippen molar-refractivity contribution in [3.8, 4) is 5.82 Å². The van der Waals surface area contributed by atoms with Gasteiger partial charge in [-0.25, -0.2) is 4.98 Å². The molecule has 0 aliphatic carbocycles. The monoisotopic (exact) mass is 406 g/mol. The fourth-order valence-electron chi connectivity index (χ4n) is 3.60. The third-order valence-electron chi connectivity index (χ3n) is 5.44. The van der Waals surface area contributed by atoms with Gasteiger partial charge in [-0.3, -0.25) is 4.79 Å². The second-order valence-electron chi connectivity index (χ2n) is 7.55. The molecule has 3 aromatic rings. The van der Waals surface area contributed by atoms with Gasteiger partial charge in [-0.15, -0.1) is 5.10 Å². The van der Waals surface area contributed by atoms with Gasteiger partial charge in [0, 0.05) is 30.5 Å². The quantitative estimate of drug-likeness (QED) is 0.669. The Bertz CT molecular complexity index is 994. The Balaban J connectivity index is 1.42. The molecule has 1 fully saturated rings. The van der Waals surface area contributed by atoms with E-state index in [1.54, 1.807) is 12.3 Å². The number of aromatic nitrogens is 4. The van der Waals surface area contributed by atoms with E-state index >= 15 is 0 Å². The number of hydrogen-bond donors (Lipinski definition) is 2. The van der Waals surface area contributed by atoms with E-state index in [-0.39, 0.29) is 17.9 Å². The predicted octanol–water partition coefficient (Wildman–Crippen LogP) is 2.15. The number of nitrogen functional groups attached to an aromatic ring is 1. The molecule has 30 heavy (non-hydrogen) atoms. The van der Waals surface area contributed by atoms with Crippen molar-refractivity contribution in [1.29, 1.82) is 0 Å². The zero-order valence-electron chi connectivity index (χ0n) is 17.2. The zero-order valence-corrected chi connectivity index (χ0v) is 17.2. The normalized spacial score (nSPS) is 15.1. The van der Waals surface area contributed by atoms with E-state index in [1.807, 2.05) is 48.3 Å². The average Bonchev–Trinajstić information content (AvgIpc) is 3.14. The van der Waals surface area contributed by atoms with Crippen molar-refractivity contribution in [1.82, 2.24) is 29.5 Å². The van der Waals surface area contributed by atoms with Gasteiger partial charge < -0.3 is 20.9 Å². The summed E-state index contributed by atoms with van der Waals surface area (Å²) in [4.78, 5) is 25.5. The highest BCUT2D eigenvalue weighted by Crippen LogP contribution is 2.20. The highest BCUT2D eigenvalue weighted by molar-refractivity contribution is 5.94. The highest BCUT2D eigenvalue weighted by atomic mass is 16.2. The van der Waals surface area contributed by atoms with Gasteiger partial charge in [0.25, 0.3) is 5.91 Å². The molecule has 9 heteroatoms. The molecule has 4 rings (SSSR count). The van der Waals surface area contributed by atoms with Gasteiger partial charge in [0.1, 0.15) is 0 Å². The van der Waals surface area contributed by atoms with Crippen molar-refractivity contribution < 1.29 is 4.79 Å². The van der Waals surface area contributed by atoms with Crippen molar-refractivity contribution in [3.05, 3.63) is 54.2 Å². The summed E-state index contributed by atoms with van der Waals surface area (Å²) in [6.07, 6.45) is 3.68. The van der Waals surface area contributed by atoms with Gasteiger partial charge in [0.15, 0.2) is 5.82 Å². The van der Waals surface area contributed by atoms with Crippen LogP contribution in [0.3, 0.4) is 0 Å². The molecule has 3 heterocycles. The molecule has 1 aromatic carbocycles. The van der Waals surface area contributed by atoms with Crippen LogP contribution in [0.25, 0.3) is 5.82 Å². The van der Waals surface area contributed by atoms with Gasteiger partial charge >= 0.3 is 0 Å². The molecule has 1 saturated heterocycles. The fourth-order valence-corrected chi connectivity index (χ4v) is 3.60. The minimum Gasteiger partial charge on any atom is -0.368 e. The zero-order chi connectivity index (χ0) is 21.1. The molecule has 0 spiro atoms. The number of rotatable bonds is 5. The molecule has 0 unspecified atom stereocenters. The molecule has 0 radical (unpaired) electrons. The first-order chi connectivity index (χ1) is 14.5. The number of nitrogens with two attached hydrogens (primary N) is 1. The number of piperidine rings is 1. The van der Waals surface area contributed by atoms with E-state index < -0.39 is 0 Å². The molecule has 0 bridgehead atoms. The first-order valence-electron chi connectivity index (χ1n) is 9.98. The number of nitrogens with zero attached hydrogens (tertiary/aromatic N) is 6.